The van der Waals surface area contributed by atoms with Crippen molar-refractivity contribution in [2.75, 3.05) is 32.2 Å². The molecule has 11 heteroatoms. The van der Waals surface area contributed by atoms with Crippen LogP contribution in [0.3, 0.4) is 0 Å². The van der Waals surface area contributed by atoms with Gasteiger partial charge in [-0.1, -0.05) is 0 Å². The highest BCUT2D eigenvalue weighted by molar-refractivity contribution is 5.70. The molecule has 4 heterocycles. The number of alkyl halides is 2. The Morgan fingerprint density at radius 3 is 2.74 bits per heavy atom. The largest absolute Gasteiger partial charge is 0.480 e. The summed E-state index contributed by atoms with van der Waals surface area (Å²) in [6.45, 7) is -0.843. The molecule has 3 aromatic rings. The Morgan fingerprint density at radius 2 is 2.07 bits per heavy atom. The van der Waals surface area contributed by atoms with E-state index in [-0.39, 0.29) is 18.4 Å². The Hall–Kier alpha value is -3.08. The third-order valence-electron chi connectivity index (χ3n) is 4.33. The third kappa shape index (κ3) is 2.89. The normalized spacial score (nSPS) is 18.9. The number of aliphatic hydroxyl groups excluding tert-OH is 1. The highest BCUT2D eigenvalue weighted by Crippen LogP contribution is 2.34. The number of β-amino-alcohol motifs (C(OH)–C–C–N with tert-alkyl or cyclic N) is 1. The van der Waals surface area contributed by atoms with Crippen LogP contribution in [0.4, 0.5) is 14.6 Å². The van der Waals surface area contributed by atoms with Gasteiger partial charge in [0.1, 0.15) is 11.9 Å². The van der Waals surface area contributed by atoms with E-state index in [1.807, 2.05) is 0 Å². The van der Waals surface area contributed by atoms with Crippen LogP contribution in [0.15, 0.2) is 24.5 Å². The summed E-state index contributed by atoms with van der Waals surface area (Å²) in [7, 11) is 2.88. The predicted molar refractivity (Wildman–Crippen MR) is 90.3 cm³/mol. The summed E-state index contributed by atoms with van der Waals surface area (Å²) in [4.78, 5) is 14.0. The fourth-order valence-electron chi connectivity index (χ4n) is 2.98. The van der Waals surface area contributed by atoms with Gasteiger partial charge in [0.25, 0.3) is 5.92 Å². The molecule has 1 aliphatic rings. The van der Waals surface area contributed by atoms with Crippen LogP contribution in [0.5, 0.6) is 11.9 Å². The number of methoxy groups -OCH3 is 2. The van der Waals surface area contributed by atoms with E-state index < -0.39 is 18.6 Å². The zero-order valence-corrected chi connectivity index (χ0v) is 14.5. The lowest BCUT2D eigenvalue weighted by molar-refractivity contribution is -0.0712. The van der Waals surface area contributed by atoms with Gasteiger partial charge in [-0.15, -0.1) is 0 Å². The van der Waals surface area contributed by atoms with Crippen LogP contribution >= 0.6 is 0 Å². The van der Waals surface area contributed by atoms with Gasteiger partial charge >= 0.3 is 6.01 Å². The molecule has 9 nitrogen and oxygen atoms in total. The average Bonchev–Trinajstić information content (AvgIpc) is 3.24. The molecule has 0 amide bonds. The summed E-state index contributed by atoms with van der Waals surface area (Å²) < 4.78 is 39.4. The summed E-state index contributed by atoms with van der Waals surface area (Å²) in [6.07, 6.45) is 1.25. The first-order valence-electron chi connectivity index (χ1n) is 8.04. The molecule has 0 radical (unpaired) electrons. The van der Waals surface area contributed by atoms with E-state index in [2.05, 4.69) is 20.1 Å². The second kappa shape index (κ2) is 6.27. The Labute approximate surface area is 152 Å². The number of fused-ring (bicyclic) bond motifs is 1. The van der Waals surface area contributed by atoms with Gasteiger partial charge in [0.15, 0.2) is 5.65 Å². The minimum atomic E-state index is -3.20. The molecule has 1 N–H and O–H groups in total. The van der Waals surface area contributed by atoms with Gasteiger partial charge in [-0.2, -0.15) is 14.6 Å². The van der Waals surface area contributed by atoms with Gasteiger partial charge in [0.05, 0.1) is 44.8 Å². The molecular weight excluding hydrogens is 362 g/mol. The van der Waals surface area contributed by atoms with Gasteiger partial charge in [0, 0.05) is 18.3 Å². The van der Waals surface area contributed by atoms with Crippen molar-refractivity contribution in [1.82, 2.24) is 24.6 Å². The lowest BCUT2D eigenvalue weighted by Crippen LogP contribution is -2.31. The standard InChI is InChI=1S/C16H16F2N6O3/c1-26-14-9(6-19-15(22-14)27-2)10-5-13(24-12(21-10)3-4-20-24)23-7-11(25)16(17,18)8-23/h3-6,11,25H,7-8H2,1-2H3/t11-/m0/s1. The van der Waals surface area contributed by atoms with Crippen molar-refractivity contribution in [3.63, 3.8) is 0 Å². The first-order chi connectivity index (χ1) is 12.9. The van der Waals surface area contributed by atoms with Crippen molar-refractivity contribution >= 4 is 11.5 Å². The monoisotopic (exact) mass is 378 g/mol. The van der Waals surface area contributed by atoms with E-state index in [4.69, 9.17) is 9.47 Å². The summed E-state index contributed by atoms with van der Waals surface area (Å²) >= 11 is 0. The number of hydrogen-bond acceptors (Lipinski definition) is 8. The fourth-order valence-corrected chi connectivity index (χ4v) is 2.98. The van der Waals surface area contributed by atoms with E-state index in [1.165, 1.54) is 36.0 Å². The van der Waals surface area contributed by atoms with Crippen LogP contribution in [-0.2, 0) is 0 Å². The minimum absolute atomic E-state index is 0.128. The summed E-state index contributed by atoms with van der Waals surface area (Å²) in [5.41, 5.74) is 1.34. The number of halogens is 2. The summed E-state index contributed by atoms with van der Waals surface area (Å²) in [6, 6.07) is 3.36. The van der Waals surface area contributed by atoms with Crippen molar-refractivity contribution in [2.45, 2.75) is 12.0 Å². The molecule has 1 aliphatic heterocycles. The van der Waals surface area contributed by atoms with Crippen molar-refractivity contribution in [3.8, 4) is 23.1 Å². The number of aromatic nitrogens is 5. The molecule has 27 heavy (non-hydrogen) atoms. The molecule has 4 rings (SSSR count). The van der Waals surface area contributed by atoms with Crippen LogP contribution in [0.2, 0.25) is 0 Å². The van der Waals surface area contributed by atoms with Crippen LogP contribution in [0.25, 0.3) is 16.9 Å². The Bertz CT molecular complexity index is 995. The highest BCUT2D eigenvalue weighted by Gasteiger charge is 2.48. The third-order valence-corrected chi connectivity index (χ3v) is 4.33. The number of anilines is 1. The molecule has 142 valence electrons. The van der Waals surface area contributed by atoms with Gasteiger partial charge in [-0.05, 0) is 0 Å². The van der Waals surface area contributed by atoms with E-state index in [1.54, 1.807) is 12.1 Å². The quantitative estimate of drug-likeness (QED) is 0.719. The summed E-state index contributed by atoms with van der Waals surface area (Å²) in [5, 5.41) is 13.8. The van der Waals surface area contributed by atoms with Crippen LogP contribution in [0.1, 0.15) is 0 Å². The molecule has 0 aromatic carbocycles. The predicted octanol–water partition coefficient (Wildman–Crippen LogP) is 1.02. The first kappa shape index (κ1) is 17.3. The molecule has 0 saturated carbocycles. The zero-order valence-electron chi connectivity index (χ0n) is 14.5. The van der Waals surface area contributed by atoms with E-state index in [0.717, 1.165) is 0 Å². The average molecular weight is 378 g/mol. The van der Waals surface area contributed by atoms with E-state index in [0.29, 0.717) is 22.7 Å². The molecule has 1 saturated heterocycles. The van der Waals surface area contributed by atoms with Crippen LogP contribution < -0.4 is 14.4 Å². The number of aliphatic hydroxyl groups is 1. The molecule has 1 atom stereocenters. The van der Waals surface area contributed by atoms with Gasteiger partial charge < -0.3 is 19.5 Å². The Balaban J connectivity index is 1.85. The lowest BCUT2D eigenvalue weighted by Gasteiger charge is -2.19. The molecular formula is C16H16F2N6O3. The molecule has 3 aromatic heterocycles. The summed E-state index contributed by atoms with van der Waals surface area (Å²) in [5.74, 6) is -2.60. The minimum Gasteiger partial charge on any atom is -0.480 e. The lowest BCUT2D eigenvalue weighted by atomic mass is 10.2. The topological polar surface area (TPSA) is 97.9 Å². The van der Waals surface area contributed by atoms with E-state index >= 15 is 0 Å². The van der Waals surface area contributed by atoms with Gasteiger partial charge in [-0.3, -0.25) is 0 Å². The maximum Gasteiger partial charge on any atom is 0.319 e. The van der Waals surface area contributed by atoms with E-state index in [9.17, 15) is 13.9 Å². The Kier molecular flexibility index (Phi) is 4.02. The van der Waals surface area contributed by atoms with Crippen LogP contribution in [0, 0.1) is 0 Å². The fraction of sp³-hybridized carbons (Fsp3) is 0.375. The molecule has 0 bridgehead atoms. The van der Waals surface area contributed by atoms with Crippen molar-refractivity contribution in [1.29, 1.82) is 0 Å². The first-order valence-corrected chi connectivity index (χ1v) is 8.04. The zero-order chi connectivity index (χ0) is 19.2. The molecule has 0 spiro atoms. The second-order valence-corrected chi connectivity index (χ2v) is 6.04. The molecule has 0 aliphatic carbocycles. The number of rotatable bonds is 4. The van der Waals surface area contributed by atoms with Gasteiger partial charge in [0.2, 0.25) is 5.88 Å². The maximum absolute atomic E-state index is 13.8. The molecule has 0 unspecified atom stereocenters. The van der Waals surface area contributed by atoms with Crippen LogP contribution in [-0.4, -0.2) is 69.0 Å². The van der Waals surface area contributed by atoms with Crippen molar-refractivity contribution in [2.24, 2.45) is 0 Å². The highest BCUT2D eigenvalue weighted by atomic mass is 19.3. The molecule has 1 fully saturated rings. The smallest absolute Gasteiger partial charge is 0.319 e. The SMILES string of the molecule is COc1ncc(-c2cc(N3C[C@H](O)C(F)(F)C3)n3nccc3n2)c(OC)n1. The number of nitrogens with zero attached hydrogens (tertiary/aromatic N) is 6. The Morgan fingerprint density at radius 1 is 1.26 bits per heavy atom. The second-order valence-electron chi connectivity index (χ2n) is 6.04. The maximum atomic E-state index is 13.8. The van der Waals surface area contributed by atoms with Crippen molar-refractivity contribution < 1.29 is 23.4 Å². The van der Waals surface area contributed by atoms with Crippen molar-refractivity contribution in [3.05, 3.63) is 24.5 Å². The number of hydrogen-bond donors (Lipinski definition) is 1. The van der Waals surface area contributed by atoms with Gasteiger partial charge in [-0.25, -0.2) is 18.7 Å². The number of ether oxygens (including phenoxy) is 2.